The maximum atomic E-state index is 13.0. The first kappa shape index (κ1) is 24.2. The fraction of sp³-hybridized carbons (Fsp3) is 0.240. The van der Waals surface area contributed by atoms with Gasteiger partial charge in [0, 0.05) is 30.9 Å². The van der Waals surface area contributed by atoms with Gasteiger partial charge in [-0.05, 0) is 47.4 Å². The number of ketones is 1. The molecule has 2 heterocycles. The number of fused-ring (bicyclic) bond motifs is 1. The van der Waals surface area contributed by atoms with E-state index in [0.29, 0.717) is 16.0 Å². The standard InChI is InChI=1S/C25H20F4N2O4/c26-20-5-1-16(2-6-20)15-35-21-8-10-30(23(33)12-21)14-22(32)18-4-3-17-7-9-31(13-19(17)11-18)24(34)25(27,28)29/h1-6,8,10-12H,7,9,13-15H2. The highest BCUT2D eigenvalue weighted by atomic mass is 19.4. The number of amides is 1. The summed E-state index contributed by atoms with van der Waals surface area (Å²) < 4.78 is 58.0. The Balaban J connectivity index is 1.42. The van der Waals surface area contributed by atoms with Gasteiger partial charge >= 0.3 is 12.1 Å². The van der Waals surface area contributed by atoms with Crippen LogP contribution in [0.4, 0.5) is 17.6 Å². The first-order valence-electron chi connectivity index (χ1n) is 10.7. The van der Waals surface area contributed by atoms with Gasteiger partial charge in [-0.25, -0.2) is 4.39 Å². The number of carbonyl (C=O) groups is 2. The Hall–Kier alpha value is -3.95. The number of alkyl halides is 3. The average Bonchev–Trinajstić information content (AvgIpc) is 2.83. The second kappa shape index (κ2) is 9.73. The van der Waals surface area contributed by atoms with Crippen molar-refractivity contribution in [2.24, 2.45) is 0 Å². The molecule has 0 aliphatic carbocycles. The summed E-state index contributed by atoms with van der Waals surface area (Å²) in [5, 5.41) is 0. The van der Waals surface area contributed by atoms with Gasteiger partial charge in [0.2, 0.25) is 0 Å². The van der Waals surface area contributed by atoms with Crippen molar-refractivity contribution in [2.75, 3.05) is 6.54 Å². The highest BCUT2D eigenvalue weighted by Gasteiger charge is 2.43. The zero-order chi connectivity index (χ0) is 25.2. The van der Waals surface area contributed by atoms with Gasteiger partial charge in [0.1, 0.15) is 18.2 Å². The molecule has 0 unspecified atom stereocenters. The number of halogens is 4. The quantitative estimate of drug-likeness (QED) is 0.390. The van der Waals surface area contributed by atoms with Crippen molar-refractivity contribution in [3.63, 3.8) is 0 Å². The normalized spacial score (nSPS) is 13.3. The van der Waals surface area contributed by atoms with Crippen LogP contribution >= 0.6 is 0 Å². The molecule has 35 heavy (non-hydrogen) atoms. The molecule has 1 aromatic heterocycles. The Morgan fingerprint density at radius 3 is 2.40 bits per heavy atom. The van der Waals surface area contributed by atoms with Crippen molar-refractivity contribution in [3.8, 4) is 5.75 Å². The van der Waals surface area contributed by atoms with Crippen molar-refractivity contribution < 1.29 is 31.9 Å². The lowest BCUT2D eigenvalue weighted by Gasteiger charge is -2.29. The summed E-state index contributed by atoms with van der Waals surface area (Å²) in [5.41, 5.74) is 1.71. The molecule has 0 fully saturated rings. The molecule has 0 atom stereocenters. The Morgan fingerprint density at radius 1 is 0.971 bits per heavy atom. The maximum Gasteiger partial charge on any atom is 0.471 e. The number of ether oxygens (including phenoxy) is 1. The number of aromatic nitrogens is 1. The van der Waals surface area contributed by atoms with E-state index < -0.39 is 23.4 Å². The summed E-state index contributed by atoms with van der Waals surface area (Å²) >= 11 is 0. The molecular formula is C25H20F4N2O4. The minimum Gasteiger partial charge on any atom is -0.489 e. The van der Waals surface area contributed by atoms with E-state index in [-0.39, 0.29) is 49.8 Å². The van der Waals surface area contributed by atoms with Gasteiger partial charge in [-0.2, -0.15) is 13.2 Å². The Labute approximate surface area is 197 Å². The monoisotopic (exact) mass is 488 g/mol. The zero-order valence-corrected chi connectivity index (χ0v) is 18.3. The summed E-state index contributed by atoms with van der Waals surface area (Å²) in [4.78, 5) is 37.5. The van der Waals surface area contributed by atoms with E-state index in [0.717, 1.165) is 5.56 Å². The number of carbonyl (C=O) groups excluding carboxylic acids is 2. The van der Waals surface area contributed by atoms with Crippen LogP contribution in [0.3, 0.4) is 0 Å². The van der Waals surface area contributed by atoms with Gasteiger partial charge in [0.05, 0.1) is 6.54 Å². The van der Waals surface area contributed by atoms with E-state index in [4.69, 9.17) is 4.74 Å². The molecule has 182 valence electrons. The first-order valence-corrected chi connectivity index (χ1v) is 10.7. The molecule has 0 spiro atoms. The van der Waals surface area contributed by atoms with Gasteiger partial charge in [0.15, 0.2) is 5.78 Å². The molecule has 4 rings (SSSR count). The summed E-state index contributed by atoms with van der Waals surface area (Å²) in [6.45, 7) is -0.439. The van der Waals surface area contributed by atoms with Crippen LogP contribution in [0.25, 0.3) is 0 Å². The fourth-order valence-corrected chi connectivity index (χ4v) is 3.79. The molecule has 1 aliphatic rings. The first-order chi connectivity index (χ1) is 16.6. The van der Waals surface area contributed by atoms with Crippen LogP contribution in [0.5, 0.6) is 5.75 Å². The van der Waals surface area contributed by atoms with E-state index in [1.165, 1.54) is 41.1 Å². The van der Waals surface area contributed by atoms with Crippen LogP contribution in [-0.2, 0) is 30.9 Å². The van der Waals surface area contributed by atoms with Crippen LogP contribution in [0, 0.1) is 5.82 Å². The van der Waals surface area contributed by atoms with Gasteiger partial charge in [-0.1, -0.05) is 24.3 Å². The van der Waals surface area contributed by atoms with Crippen molar-refractivity contribution >= 4 is 11.7 Å². The smallest absolute Gasteiger partial charge is 0.471 e. The summed E-state index contributed by atoms with van der Waals surface area (Å²) in [6, 6.07) is 13.2. The van der Waals surface area contributed by atoms with Crippen molar-refractivity contribution in [3.05, 3.63) is 99.2 Å². The minimum atomic E-state index is -4.96. The number of rotatable bonds is 6. The summed E-state index contributed by atoms with van der Waals surface area (Å²) in [6.07, 6.45) is -3.30. The maximum absolute atomic E-state index is 13.0. The molecule has 0 saturated carbocycles. The number of hydrogen-bond donors (Lipinski definition) is 0. The Bertz CT molecular complexity index is 1320. The SMILES string of the molecule is O=C(Cn1ccc(OCc2ccc(F)cc2)cc1=O)c1ccc2c(c1)CN(C(=O)C(F)(F)F)CC2. The van der Waals surface area contributed by atoms with Crippen molar-refractivity contribution in [1.82, 2.24) is 9.47 Å². The number of nitrogens with zero attached hydrogens (tertiary/aromatic N) is 2. The van der Waals surface area contributed by atoms with E-state index >= 15 is 0 Å². The number of hydrogen-bond acceptors (Lipinski definition) is 4. The fourth-order valence-electron chi connectivity index (χ4n) is 3.79. The molecule has 0 bridgehead atoms. The van der Waals surface area contributed by atoms with Crippen LogP contribution in [0.1, 0.15) is 27.0 Å². The van der Waals surface area contributed by atoms with Gasteiger partial charge in [-0.3, -0.25) is 14.4 Å². The molecule has 2 aromatic carbocycles. The second-order valence-electron chi connectivity index (χ2n) is 8.12. The van der Waals surface area contributed by atoms with Gasteiger partial charge in [0.25, 0.3) is 5.56 Å². The number of pyridine rings is 1. The Kier molecular flexibility index (Phi) is 6.72. The molecule has 0 radical (unpaired) electrons. The highest BCUT2D eigenvalue weighted by molar-refractivity contribution is 5.96. The lowest BCUT2D eigenvalue weighted by Crippen LogP contribution is -2.43. The summed E-state index contributed by atoms with van der Waals surface area (Å²) in [7, 11) is 0. The molecule has 6 nitrogen and oxygen atoms in total. The molecular weight excluding hydrogens is 468 g/mol. The molecule has 0 N–H and O–H groups in total. The van der Waals surface area contributed by atoms with E-state index in [1.807, 2.05) is 0 Å². The lowest BCUT2D eigenvalue weighted by molar-refractivity contribution is -0.186. The van der Waals surface area contributed by atoms with Crippen LogP contribution in [0.2, 0.25) is 0 Å². The zero-order valence-electron chi connectivity index (χ0n) is 18.3. The predicted molar refractivity (Wildman–Crippen MR) is 117 cm³/mol. The largest absolute Gasteiger partial charge is 0.489 e. The van der Waals surface area contributed by atoms with Gasteiger partial charge < -0.3 is 14.2 Å². The van der Waals surface area contributed by atoms with Gasteiger partial charge in [-0.15, -0.1) is 0 Å². The average molecular weight is 488 g/mol. The molecule has 1 amide bonds. The van der Waals surface area contributed by atoms with Crippen LogP contribution in [-0.4, -0.2) is 33.9 Å². The lowest BCUT2D eigenvalue weighted by atomic mass is 9.96. The van der Waals surface area contributed by atoms with E-state index in [2.05, 4.69) is 0 Å². The van der Waals surface area contributed by atoms with Crippen LogP contribution in [0.15, 0.2) is 65.6 Å². The van der Waals surface area contributed by atoms with E-state index in [1.54, 1.807) is 24.3 Å². The van der Waals surface area contributed by atoms with Crippen molar-refractivity contribution in [1.29, 1.82) is 0 Å². The molecule has 3 aromatic rings. The highest BCUT2D eigenvalue weighted by Crippen LogP contribution is 2.26. The van der Waals surface area contributed by atoms with Crippen LogP contribution < -0.4 is 10.3 Å². The predicted octanol–water partition coefficient (Wildman–Crippen LogP) is 3.90. The number of benzene rings is 2. The van der Waals surface area contributed by atoms with Crippen molar-refractivity contribution in [2.45, 2.75) is 32.3 Å². The topological polar surface area (TPSA) is 68.6 Å². The molecule has 0 saturated heterocycles. The second-order valence-corrected chi connectivity index (χ2v) is 8.12. The third-order valence-corrected chi connectivity index (χ3v) is 5.67. The van der Waals surface area contributed by atoms with E-state index in [9.17, 15) is 31.9 Å². The third kappa shape index (κ3) is 5.76. The third-order valence-electron chi connectivity index (χ3n) is 5.67. The summed E-state index contributed by atoms with van der Waals surface area (Å²) in [5.74, 6) is -2.40. The minimum absolute atomic E-state index is 0.0520. The Morgan fingerprint density at radius 2 is 1.71 bits per heavy atom. The molecule has 10 heteroatoms. The number of Topliss-reactive ketones (excluding diaryl/α,β-unsaturated/α-hetero) is 1. The molecule has 1 aliphatic heterocycles.